The van der Waals surface area contributed by atoms with E-state index in [9.17, 15) is 4.39 Å². The second-order valence-electron chi connectivity index (χ2n) is 3.17. The van der Waals surface area contributed by atoms with E-state index in [1.165, 1.54) is 0 Å². The SMILES string of the molecule is CC#CC(C)(C)Oc1cc(F)ncn1. The molecule has 4 heteroatoms. The van der Waals surface area contributed by atoms with Crippen LogP contribution in [0.5, 0.6) is 5.88 Å². The summed E-state index contributed by atoms with van der Waals surface area (Å²) >= 11 is 0. The molecule has 1 rings (SSSR count). The summed E-state index contributed by atoms with van der Waals surface area (Å²) in [6.45, 7) is 5.28. The van der Waals surface area contributed by atoms with E-state index in [1.807, 2.05) is 0 Å². The van der Waals surface area contributed by atoms with E-state index in [-0.39, 0.29) is 5.88 Å². The third-order valence-corrected chi connectivity index (χ3v) is 1.39. The van der Waals surface area contributed by atoms with Crippen molar-refractivity contribution in [3.8, 4) is 17.7 Å². The maximum Gasteiger partial charge on any atom is 0.220 e. The van der Waals surface area contributed by atoms with Crippen LogP contribution >= 0.6 is 0 Å². The van der Waals surface area contributed by atoms with Crippen molar-refractivity contribution in [3.63, 3.8) is 0 Å². The van der Waals surface area contributed by atoms with Crippen molar-refractivity contribution in [2.75, 3.05) is 0 Å². The Morgan fingerprint density at radius 1 is 1.43 bits per heavy atom. The van der Waals surface area contributed by atoms with E-state index in [0.29, 0.717) is 0 Å². The fraction of sp³-hybridized carbons (Fsp3) is 0.400. The molecule has 0 aliphatic rings. The van der Waals surface area contributed by atoms with Gasteiger partial charge in [-0.05, 0) is 20.8 Å². The second-order valence-corrected chi connectivity index (χ2v) is 3.17. The molecule has 1 heterocycles. The van der Waals surface area contributed by atoms with Gasteiger partial charge in [0.1, 0.15) is 6.33 Å². The van der Waals surface area contributed by atoms with Crippen molar-refractivity contribution in [1.29, 1.82) is 0 Å². The summed E-state index contributed by atoms with van der Waals surface area (Å²) < 4.78 is 18.0. The number of hydrogen-bond donors (Lipinski definition) is 0. The monoisotopic (exact) mass is 194 g/mol. The number of hydrogen-bond acceptors (Lipinski definition) is 3. The summed E-state index contributed by atoms with van der Waals surface area (Å²) in [5, 5.41) is 0. The minimum absolute atomic E-state index is 0.185. The molecule has 0 radical (unpaired) electrons. The first-order valence-electron chi connectivity index (χ1n) is 4.14. The Morgan fingerprint density at radius 3 is 2.71 bits per heavy atom. The fourth-order valence-electron chi connectivity index (χ4n) is 0.961. The molecule has 14 heavy (non-hydrogen) atoms. The van der Waals surface area contributed by atoms with Crippen LogP contribution < -0.4 is 4.74 Å². The third-order valence-electron chi connectivity index (χ3n) is 1.39. The van der Waals surface area contributed by atoms with Crippen LogP contribution in [0.3, 0.4) is 0 Å². The van der Waals surface area contributed by atoms with Gasteiger partial charge in [0.05, 0.1) is 6.07 Å². The van der Waals surface area contributed by atoms with Crippen molar-refractivity contribution in [2.24, 2.45) is 0 Å². The van der Waals surface area contributed by atoms with Gasteiger partial charge in [-0.2, -0.15) is 4.39 Å². The van der Waals surface area contributed by atoms with Crippen LogP contribution in [0, 0.1) is 17.8 Å². The van der Waals surface area contributed by atoms with Gasteiger partial charge < -0.3 is 4.74 Å². The zero-order valence-corrected chi connectivity index (χ0v) is 8.34. The summed E-state index contributed by atoms with van der Waals surface area (Å²) in [5.41, 5.74) is -0.671. The minimum atomic E-state index is -0.671. The zero-order chi connectivity index (χ0) is 10.6. The van der Waals surface area contributed by atoms with Crippen LogP contribution in [0.15, 0.2) is 12.4 Å². The highest BCUT2D eigenvalue weighted by molar-refractivity contribution is 5.15. The highest BCUT2D eigenvalue weighted by Crippen LogP contribution is 2.14. The number of ether oxygens (including phenoxy) is 1. The van der Waals surface area contributed by atoms with E-state index >= 15 is 0 Å². The van der Waals surface area contributed by atoms with E-state index in [1.54, 1.807) is 20.8 Å². The first-order valence-corrected chi connectivity index (χ1v) is 4.14. The summed E-state index contributed by atoms with van der Waals surface area (Å²) in [4.78, 5) is 7.09. The Labute approximate surface area is 82.3 Å². The van der Waals surface area contributed by atoms with Crippen LogP contribution in [-0.4, -0.2) is 15.6 Å². The maximum absolute atomic E-state index is 12.7. The molecule has 0 unspecified atom stereocenters. The smallest absolute Gasteiger partial charge is 0.220 e. The van der Waals surface area contributed by atoms with Crippen LogP contribution in [0.1, 0.15) is 20.8 Å². The standard InChI is InChI=1S/C10H11FN2O/c1-4-5-10(2,3)14-9-6-8(11)12-7-13-9/h6-7H,1-3H3. The van der Waals surface area contributed by atoms with Crippen molar-refractivity contribution < 1.29 is 9.13 Å². The van der Waals surface area contributed by atoms with Gasteiger partial charge in [0.15, 0.2) is 5.60 Å². The molecule has 0 atom stereocenters. The Morgan fingerprint density at radius 2 is 2.14 bits per heavy atom. The van der Waals surface area contributed by atoms with Gasteiger partial charge in [-0.25, -0.2) is 9.97 Å². The number of halogens is 1. The highest BCUT2D eigenvalue weighted by Gasteiger charge is 2.16. The van der Waals surface area contributed by atoms with Gasteiger partial charge in [-0.15, -0.1) is 5.92 Å². The van der Waals surface area contributed by atoms with Gasteiger partial charge >= 0.3 is 0 Å². The number of aromatic nitrogens is 2. The summed E-state index contributed by atoms with van der Waals surface area (Å²) in [5.74, 6) is 5.14. The molecular formula is C10H11FN2O. The molecule has 0 spiro atoms. The lowest BCUT2D eigenvalue weighted by atomic mass is 10.1. The number of rotatable bonds is 2. The van der Waals surface area contributed by atoms with E-state index in [2.05, 4.69) is 21.8 Å². The molecule has 1 aromatic heterocycles. The largest absolute Gasteiger partial charge is 0.458 e. The Hall–Kier alpha value is -1.63. The molecule has 0 aliphatic carbocycles. The van der Waals surface area contributed by atoms with Crippen LogP contribution in [0.2, 0.25) is 0 Å². The van der Waals surface area contributed by atoms with Gasteiger partial charge in [-0.3, -0.25) is 0 Å². The maximum atomic E-state index is 12.7. The van der Waals surface area contributed by atoms with E-state index in [0.717, 1.165) is 12.4 Å². The Bertz CT molecular complexity index is 379. The van der Waals surface area contributed by atoms with Crippen molar-refractivity contribution in [3.05, 3.63) is 18.3 Å². The fourth-order valence-corrected chi connectivity index (χ4v) is 0.961. The Kier molecular flexibility index (Phi) is 3.03. The molecule has 0 bridgehead atoms. The number of nitrogens with zero attached hydrogens (tertiary/aromatic N) is 2. The molecule has 0 saturated carbocycles. The molecule has 0 fully saturated rings. The summed E-state index contributed by atoms with van der Waals surface area (Å²) in [6.07, 6.45) is 1.11. The summed E-state index contributed by atoms with van der Waals surface area (Å²) in [6, 6.07) is 1.12. The van der Waals surface area contributed by atoms with Gasteiger partial charge in [-0.1, -0.05) is 5.92 Å². The average Bonchev–Trinajstić information content (AvgIpc) is 2.02. The van der Waals surface area contributed by atoms with E-state index in [4.69, 9.17) is 4.74 Å². The molecule has 0 N–H and O–H groups in total. The van der Waals surface area contributed by atoms with Gasteiger partial charge in [0.2, 0.25) is 11.8 Å². The molecule has 0 amide bonds. The summed E-state index contributed by atoms with van der Waals surface area (Å²) in [7, 11) is 0. The molecule has 1 aromatic rings. The normalized spacial score (nSPS) is 10.3. The predicted molar refractivity (Wildman–Crippen MR) is 50.1 cm³/mol. The van der Waals surface area contributed by atoms with Gasteiger partial charge in [0, 0.05) is 0 Å². The second kappa shape index (κ2) is 4.05. The Balaban J connectivity index is 2.81. The van der Waals surface area contributed by atoms with Crippen molar-refractivity contribution in [2.45, 2.75) is 26.4 Å². The predicted octanol–water partition coefficient (Wildman–Crippen LogP) is 1.80. The molecule has 3 nitrogen and oxygen atoms in total. The van der Waals surface area contributed by atoms with Crippen molar-refractivity contribution in [1.82, 2.24) is 9.97 Å². The molecule has 0 saturated heterocycles. The third kappa shape index (κ3) is 3.02. The van der Waals surface area contributed by atoms with Crippen LogP contribution in [0.25, 0.3) is 0 Å². The molecule has 0 aromatic carbocycles. The highest BCUT2D eigenvalue weighted by atomic mass is 19.1. The quantitative estimate of drug-likeness (QED) is 0.532. The van der Waals surface area contributed by atoms with Crippen molar-refractivity contribution >= 4 is 0 Å². The lowest BCUT2D eigenvalue weighted by Gasteiger charge is -2.18. The van der Waals surface area contributed by atoms with E-state index < -0.39 is 11.5 Å². The minimum Gasteiger partial charge on any atom is -0.458 e. The molecule has 0 aliphatic heterocycles. The average molecular weight is 194 g/mol. The lowest BCUT2D eigenvalue weighted by molar-refractivity contribution is 0.163. The first-order chi connectivity index (χ1) is 6.53. The first kappa shape index (κ1) is 10.5. The molecule has 74 valence electrons. The zero-order valence-electron chi connectivity index (χ0n) is 8.34. The van der Waals surface area contributed by atoms with Crippen LogP contribution in [-0.2, 0) is 0 Å². The van der Waals surface area contributed by atoms with Gasteiger partial charge in [0.25, 0.3) is 0 Å². The topological polar surface area (TPSA) is 35.0 Å². The molecular weight excluding hydrogens is 183 g/mol. The lowest BCUT2D eigenvalue weighted by Crippen LogP contribution is -2.26. The van der Waals surface area contributed by atoms with Crippen LogP contribution in [0.4, 0.5) is 4.39 Å².